The van der Waals surface area contributed by atoms with Crippen molar-refractivity contribution in [1.29, 1.82) is 0 Å². The van der Waals surface area contributed by atoms with E-state index in [0.29, 0.717) is 31.8 Å². The second-order valence-electron chi connectivity index (χ2n) is 5.66. The van der Waals surface area contributed by atoms with Gasteiger partial charge >= 0.3 is 0 Å². The maximum absolute atomic E-state index is 5.91. The van der Waals surface area contributed by atoms with E-state index in [4.69, 9.17) is 15.2 Å². The Bertz CT molecular complexity index is 329. The Labute approximate surface area is 121 Å². The predicted molar refractivity (Wildman–Crippen MR) is 79.7 cm³/mol. The fourth-order valence-electron chi connectivity index (χ4n) is 2.90. The van der Waals surface area contributed by atoms with Crippen LogP contribution < -0.4 is 11.1 Å². The molecule has 0 radical (unpaired) electrons. The summed E-state index contributed by atoms with van der Waals surface area (Å²) in [6, 6.07) is 0.555. The summed E-state index contributed by atoms with van der Waals surface area (Å²) < 4.78 is 11.1. The smallest absolute Gasteiger partial charge is 0.188 e. The van der Waals surface area contributed by atoms with E-state index in [-0.39, 0.29) is 0 Å². The number of nitrogens with one attached hydrogen (secondary N) is 1. The second-order valence-corrected chi connectivity index (χ2v) is 5.66. The maximum Gasteiger partial charge on any atom is 0.188 e. The average molecular weight is 284 g/mol. The Morgan fingerprint density at radius 1 is 1.45 bits per heavy atom. The third-order valence-electron chi connectivity index (χ3n) is 4.16. The van der Waals surface area contributed by atoms with Crippen LogP contribution in [0.15, 0.2) is 4.99 Å². The van der Waals surface area contributed by atoms with Gasteiger partial charge in [0, 0.05) is 19.0 Å². The highest BCUT2D eigenvalue weighted by Gasteiger charge is 2.30. The molecule has 1 unspecified atom stereocenters. The van der Waals surface area contributed by atoms with Crippen LogP contribution in [0.25, 0.3) is 0 Å². The average Bonchev–Trinajstić information content (AvgIpc) is 3.05. The van der Waals surface area contributed by atoms with Crippen molar-refractivity contribution in [3.8, 4) is 0 Å². The first kappa shape index (κ1) is 15.5. The van der Waals surface area contributed by atoms with Crippen molar-refractivity contribution in [3.05, 3.63) is 0 Å². The van der Waals surface area contributed by atoms with Gasteiger partial charge in [0.1, 0.15) is 0 Å². The van der Waals surface area contributed by atoms with Gasteiger partial charge in [-0.1, -0.05) is 6.92 Å². The lowest BCUT2D eigenvalue weighted by atomic mass is 10.2. The molecule has 2 rings (SSSR count). The van der Waals surface area contributed by atoms with Crippen molar-refractivity contribution in [2.45, 2.75) is 44.9 Å². The molecule has 3 N–H and O–H groups in total. The van der Waals surface area contributed by atoms with Crippen LogP contribution in [-0.4, -0.2) is 62.1 Å². The molecule has 2 fully saturated rings. The number of ether oxygens (including phenoxy) is 2. The van der Waals surface area contributed by atoms with Crippen LogP contribution in [0, 0.1) is 0 Å². The lowest BCUT2D eigenvalue weighted by Gasteiger charge is -2.23. The van der Waals surface area contributed by atoms with E-state index >= 15 is 0 Å². The van der Waals surface area contributed by atoms with Crippen LogP contribution in [0.2, 0.25) is 0 Å². The van der Waals surface area contributed by atoms with E-state index in [2.05, 4.69) is 22.1 Å². The summed E-state index contributed by atoms with van der Waals surface area (Å²) in [4.78, 5) is 6.92. The molecular weight excluding hydrogens is 256 g/mol. The molecule has 0 aromatic heterocycles. The number of rotatable bonds is 6. The van der Waals surface area contributed by atoms with Gasteiger partial charge in [-0.25, -0.2) is 0 Å². The zero-order valence-electron chi connectivity index (χ0n) is 12.7. The number of nitrogens with two attached hydrogens (primary N) is 1. The van der Waals surface area contributed by atoms with Gasteiger partial charge in [0.25, 0.3) is 0 Å². The van der Waals surface area contributed by atoms with E-state index < -0.39 is 5.79 Å². The van der Waals surface area contributed by atoms with Crippen molar-refractivity contribution in [3.63, 3.8) is 0 Å². The van der Waals surface area contributed by atoms with Crippen molar-refractivity contribution >= 4 is 5.96 Å². The molecule has 2 aliphatic heterocycles. The van der Waals surface area contributed by atoms with Crippen LogP contribution in [-0.2, 0) is 9.47 Å². The van der Waals surface area contributed by atoms with Crippen LogP contribution in [0.4, 0.5) is 0 Å². The van der Waals surface area contributed by atoms with Gasteiger partial charge in [0.05, 0.1) is 19.8 Å². The number of likely N-dealkylation sites (tertiary alicyclic amines) is 1. The van der Waals surface area contributed by atoms with Gasteiger partial charge in [-0.3, -0.25) is 9.89 Å². The number of guanidine groups is 1. The van der Waals surface area contributed by atoms with Gasteiger partial charge in [-0.05, 0) is 32.9 Å². The van der Waals surface area contributed by atoms with E-state index in [1.54, 1.807) is 0 Å². The highest BCUT2D eigenvalue weighted by atomic mass is 16.7. The summed E-state index contributed by atoms with van der Waals surface area (Å²) in [5.41, 5.74) is 5.91. The van der Waals surface area contributed by atoms with Crippen molar-refractivity contribution in [2.24, 2.45) is 10.7 Å². The Morgan fingerprint density at radius 2 is 2.20 bits per heavy atom. The van der Waals surface area contributed by atoms with Crippen LogP contribution >= 0.6 is 0 Å². The van der Waals surface area contributed by atoms with Gasteiger partial charge in [0.2, 0.25) is 0 Å². The number of hydrogen-bond acceptors (Lipinski definition) is 4. The zero-order chi connectivity index (χ0) is 14.4. The van der Waals surface area contributed by atoms with E-state index in [1.165, 1.54) is 19.4 Å². The minimum absolute atomic E-state index is 0.461. The fourth-order valence-corrected chi connectivity index (χ4v) is 2.90. The van der Waals surface area contributed by atoms with Crippen LogP contribution in [0.5, 0.6) is 0 Å². The molecule has 6 nitrogen and oxygen atoms in total. The standard InChI is InChI=1S/C14H28N4O2/c1-3-18-8-4-5-12(18)11-17-13(15)16-7-6-14(2)19-9-10-20-14/h12H,3-11H2,1-2H3,(H3,15,16,17). The third-order valence-corrected chi connectivity index (χ3v) is 4.16. The summed E-state index contributed by atoms with van der Waals surface area (Å²) in [5.74, 6) is 0.0622. The van der Waals surface area contributed by atoms with Gasteiger partial charge in [0.15, 0.2) is 11.7 Å². The molecule has 0 aliphatic carbocycles. The fraction of sp³-hybridized carbons (Fsp3) is 0.929. The summed E-state index contributed by atoms with van der Waals surface area (Å²) in [7, 11) is 0. The number of nitrogens with zero attached hydrogens (tertiary/aromatic N) is 2. The molecule has 20 heavy (non-hydrogen) atoms. The Kier molecular flexibility index (Phi) is 5.63. The first-order chi connectivity index (χ1) is 9.63. The molecule has 0 spiro atoms. The molecule has 2 heterocycles. The van der Waals surface area contributed by atoms with Crippen LogP contribution in [0.1, 0.15) is 33.1 Å². The third kappa shape index (κ3) is 4.33. The first-order valence-corrected chi connectivity index (χ1v) is 7.69. The highest BCUT2D eigenvalue weighted by Crippen LogP contribution is 2.21. The molecule has 0 saturated carbocycles. The van der Waals surface area contributed by atoms with Crippen molar-refractivity contribution in [2.75, 3.05) is 39.4 Å². The van der Waals surface area contributed by atoms with Gasteiger partial charge < -0.3 is 20.5 Å². The largest absolute Gasteiger partial charge is 0.370 e. The van der Waals surface area contributed by atoms with Crippen molar-refractivity contribution in [1.82, 2.24) is 10.2 Å². The molecular formula is C14H28N4O2. The van der Waals surface area contributed by atoms with E-state index in [1.807, 2.05) is 6.92 Å². The zero-order valence-corrected chi connectivity index (χ0v) is 12.7. The summed E-state index contributed by atoms with van der Waals surface area (Å²) >= 11 is 0. The summed E-state index contributed by atoms with van der Waals surface area (Å²) in [6.45, 7) is 9.31. The SMILES string of the molecule is CCN1CCCC1CN=C(N)NCCC1(C)OCCO1. The minimum Gasteiger partial charge on any atom is -0.370 e. The Hall–Kier alpha value is -0.850. The van der Waals surface area contributed by atoms with Gasteiger partial charge in [-0.15, -0.1) is 0 Å². The van der Waals surface area contributed by atoms with Gasteiger partial charge in [-0.2, -0.15) is 0 Å². The monoisotopic (exact) mass is 284 g/mol. The second kappa shape index (κ2) is 7.24. The summed E-state index contributed by atoms with van der Waals surface area (Å²) in [5, 5.41) is 3.14. The topological polar surface area (TPSA) is 72.1 Å². The molecule has 0 aromatic carbocycles. The molecule has 116 valence electrons. The molecule has 2 saturated heterocycles. The quantitative estimate of drug-likeness (QED) is 0.550. The molecule has 0 aromatic rings. The lowest BCUT2D eigenvalue weighted by Crippen LogP contribution is -2.38. The molecule has 0 amide bonds. The number of aliphatic imine (C=N–C) groups is 1. The Balaban J connectivity index is 1.66. The van der Waals surface area contributed by atoms with E-state index in [0.717, 1.165) is 19.5 Å². The predicted octanol–water partition coefficient (Wildman–Crippen LogP) is 0.528. The molecule has 2 aliphatic rings. The minimum atomic E-state index is -0.461. The van der Waals surface area contributed by atoms with Crippen molar-refractivity contribution < 1.29 is 9.47 Å². The van der Waals surface area contributed by atoms with Crippen LogP contribution in [0.3, 0.4) is 0 Å². The Morgan fingerprint density at radius 3 is 2.90 bits per heavy atom. The van der Waals surface area contributed by atoms with E-state index in [9.17, 15) is 0 Å². The lowest BCUT2D eigenvalue weighted by molar-refractivity contribution is -0.145. The molecule has 0 bridgehead atoms. The first-order valence-electron chi connectivity index (χ1n) is 7.69. The molecule has 1 atom stereocenters. The number of hydrogen-bond donors (Lipinski definition) is 2. The highest BCUT2D eigenvalue weighted by molar-refractivity contribution is 5.77. The summed E-state index contributed by atoms with van der Waals surface area (Å²) in [6.07, 6.45) is 3.27. The normalized spacial score (nSPS) is 27.1. The maximum atomic E-state index is 5.91. The molecule has 6 heteroatoms. The number of likely N-dealkylation sites (N-methyl/N-ethyl adjacent to an activating group) is 1.